The minimum Gasteiger partial charge on any atom is -0.999 e. The summed E-state index contributed by atoms with van der Waals surface area (Å²) in [7, 11) is 0. The van der Waals surface area contributed by atoms with Crippen LogP contribution in [0.3, 0.4) is 0 Å². The van der Waals surface area contributed by atoms with Crippen molar-refractivity contribution < 1.29 is 26.4 Å². The molecule has 2 aromatic carbocycles. The first-order valence-corrected chi connectivity index (χ1v) is 6.50. The first kappa shape index (κ1) is 28.3. The molecule has 0 heterocycles. The van der Waals surface area contributed by atoms with Crippen LogP contribution in [0, 0.1) is 77.0 Å². The van der Waals surface area contributed by atoms with Crippen molar-refractivity contribution in [2.75, 3.05) is 0 Å². The van der Waals surface area contributed by atoms with Gasteiger partial charge in [0.2, 0.25) is 0 Å². The minimum atomic E-state index is -1.69. The number of nitrogens with zero attached hydrogens (tertiary/aromatic N) is 4. The molecule has 0 aliphatic carbocycles. The van der Waals surface area contributed by atoms with Gasteiger partial charge in [0.25, 0.3) is 0 Å². The summed E-state index contributed by atoms with van der Waals surface area (Å²) in [6.07, 6.45) is 0.0390. The monoisotopic (exact) mass is 392 g/mol. The smallest absolute Gasteiger partial charge is 0.999 e. The van der Waals surface area contributed by atoms with E-state index in [1.54, 1.807) is 54.4 Å². The van der Waals surface area contributed by atoms with E-state index in [9.17, 15) is 0 Å². The topological polar surface area (TPSA) is 133 Å². The van der Waals surface area contributed by atoms with E-state index < -0.39 is 5.41 Å². The van der Waals surface area contributed by atoms with Gasteiger partial charge in [0.05, 0.1) is 17.7 Å². The van der Waals surface area contributed by atoms with Gasteiger partial charge in [-0.15, -0.1) is 0 Å². The molecule has 0 aromatic heterocycles. The van der Waals surface area contributed by atoms with Crippen LogP contribution in [-0.2, 0) is 32.8 Å². The normalized spacial score (nSPS) is 7.44. The Balaban J connectivity index is -0.000000482. The SMILES string of the molecule is N#CC(=C=[N-])C(C#N)(C#N)Cc1ccccc1.[C-]#[O+].[C-]#[O+].[Fe+6].[c-]1[c-][c-][cH-][c-]1. The zero-order valence-electron chi connectivity index (χ0n) is 13.6. The molecule has 0 aliphatic rings. The second kappa shape index (κ2) is 18.8. The largest absolute Gasteiger partial charge is 6.00 e. The molecule has 7 heteroatoms. The van der Waals surface area contributed by atoms with Gasteiger partial charge in [-0.05, 0) is 5.56 Å². The van der Waals surface area contributed by atoms with E-state index in [4.69, 9.17) is 30.5 Å². The molecule has 0 saturated heterocycles. The summed E-state index contributed by atoms with van der Waals surface area (Å²) in [5, 5.41) is 35.7. The molecule has 0 unspecified atom stereocenters. The Hall–Kier alpha value is -3.51. The van der Waals surface area contributed by atoms with E-state index >= 15 is 0 Å². The van der Waals surface area contributed by atoms with Crippen molar-refractivity contribution in [1.82, 2.24) is 0 Å². The average Bonchev–Trinajstić information content (AvgIpc) is 3.32. The van der Waals surface area contributed by atoms with Gasteiger partial charge in [0.15, 0.2) is 5.41 Å². The number of nitriles is 3. The van der Waals surface area contributed by atoms with Crippen molar-refractivity contribution in [3.05, 3.63) is 90.5 Å². The predicted octanol–water partition coefficient (Wildman–Crippen LogP) is 2.48. The Morgan fingerprint density at radius 2 is 1.52 bits per heavy atom. The number of hydrogen-bond acceptors (Lipinski definition) is 3. The Morgan fingerprint density at radius 1 is 1.04 bits per heavy atom. The van der Waals surface area contributed by atoms with E-state index in [1.165, 1.54) is 0 Å². The maximum atomic E-state index is 9.07. The standard InChI is InChI=1S/C13H7N4.C5H.2CO.Fe/c14-7-12(8-15)13(9-16,10-17)6-11-4-2-1-3-5-11;1-2-4-5-3-1;2*1-2;/h1-5H,6H2;1H;;;/q-1;-5;;;+6. The van der Waals surface area contributed by atoms with Gasteiger partial charge in [0, 0.05) is 6.42 Å². The zero-order valence-corrected chi connectivity index (χ0v) is 14.7. The van der Waals surface area contributed by atoms with Crippen LogP contribution in [0.4, 0.5) is 0 Å². The summed E-state index contributed by atoms with van der Waals surface area (Å²) >= 11 is 0. The van der Waals surface area contributed by atoms with Crippen LogP contribution in [0.1, 0.15) is 5.56 Å². The van der Waals surface area contributed by atoms with Crippen molar-refractivity contribution in [2.45, 2.75) is 6.42 Å². The van der Waals surface area contributed by atoms with Gasteiger partial charge >= 0.3 is 39.7 Å². The van der Waals surface area contributed by atoms with E-state index in [2.05, 4.69) is 37.6 Å². The summed E-state index contributed by atoms with van der Waals surface area (Å²) in [5.74, 6) is 1.63. The molecule has 0 atom stereocenters. The molecule has 2 rings (SSSR count). The van der Waals surface area contributed by atoms with Crippen molar-refractivity contribution >= 4 is 5.87 Å². The summed E-state index contributed by atoms with van der Waals surface area (Å²) in [4.78, 5) is 0. The molecule has 0 spiro atoms. The maximum absolute atomic E-state index is 9.07. The van der Waals surface area contributed by atoms with Crippen LogP contribution in [0.2, 0.25) is 0 Å². The third-order valence-corrected chi connectivity index (χ3v) is 2.70. The molecule has 0 aliphatic heterocycles. The van der Waals surface area contributed by atoms with Gasteiger partial charge in [0.1, 0.15) is 6.07 Å². The van der Waals surface area contributed by atoms with Crippen molar-refractivity contribution in [1.29, 1.82) is 15.8 Å². The Kier molecular flexibility index (Phi) is 19.7. The average molecular weight is 392 g/mol. The van der Waals surface area contributed by atoms with E-state index in [-0.39, 0.29) is 29.1 Å². The van der Waals surface area contributed by atoms with E-state index in [0.29, 0.717) is 0 Å². The number of allylic oxidation sites excluding steroid dienone is 1. The molecule has 27 heavy (non-hydrogen) atoms. The van der Waals surface area contributed by atoms with Crippen LogP contribution < -0.4 is 0 Å². The molecule has 0 radical (unpaired) electrons. The number of rotatable bonds is 3. The van der Waals surface area contributed by atoms with Crippen molar-refractivity contribution in [3.8, 4) is 18.2 Å². The molecule has 0 fully saturated rings. The Bertz CT molecular complexity index is 807. The second-order valence-corrected chi connectivity index (χ2v) is 4.07. The summed E-state index contributed by atoms with van der Waals surface area (Å²) in [5.41, 5.74) is -1.32. The van der Waals surface area contributed by atoms with Gasteiger partial charge in [-0.3, -0.25) is 5.87 Å². The van der Waals surface area contributed by atoms with Crippen LogP contribution in [0.15, 0.2) is 42.0 Å². The van der Waals surface area contributed by atoms with Crippen LogP contribution in [-0.4, -0.2) is 5.87 Å². The molecule has 0 N–H and O–H groups in total. The van der Waals surface area contributed by atoms with Gasteiger partial charge in [-0.1, -0.05) is 30.3 Å². The molecule has 0 amide bonds. The number of benzene rings is 1. The zero-order chi connectivity index (χ0) is 20.3. The summed E-state index contributed by atoms with van der Waals surface area (Å²) in [6.45, 7) is 9.00. The molecule has 2 aromatic rings. The van der Waals surface area contributed by atoms with Gasteiger partial charge in [-0.25, -0.2) is 0 Å². The van der Waals surface area contributed by atoms with Crippen LogP contribution >= 0.6 is 0 Å². The first-order chi connectivity index (χ1) is 12.7. The maximum Gasteiger partial charge on any atom is 6.00 e. The van der Waals surface area contributed by atoms with Crippen LogP contribution in [0.5, 0.6) is 0 Å². The van der Waals surface area contributed by atoms with Gasteiger partial charge in [-0.2, -0.15) is 15.8 Å². The molecule has 0 bridgehead atoms. The third kappa shape index (κ3) is 10.2. The van der Waals surface area contributed by atoms with E-state index in [0.717, 1.165) is 5.56 Å². The summed E-state index contributed by atoms with van der Waals surface area (Å²) < 4.78 is 15.0. The van der Waals surface area contributed by atoms with Gasteiger partial charge < -0.3 is 35.7 Å². The van der Waals surface area contributed by atoms with E-state index in [1.807, 2.05) is 6.07 Å². The second-order valence-electron chi connectivity index (χ2n) is 4.07. The fraction of sp³-hybridized carbons (Fsp3) is 0.100. The minimum absolute atomic E-state index is 0. The van der Waals surface area contributed by atoms with Crippen LogP contribution in [0.25, 0.3) is 5.41 Å². The Morgan fingerprint density at radius 3 is 1.81 bits per heavy atom. The number of hydrogen-bond donors (Lipinski definition) is 0. The predicted molar refractivity (Wildman–Crippen MR) is 86.5 cm³/mol. The molecule has 6 nitrogen and oxygen atoms in total. The molecular weight excluding hydrogens is 384 g/mol. The first-order valence-electron chi connectivity index (χ1n) is 6.50. The fourth-order valence-corrected chi connectivity index (χ4v) is 1.60. The molecular formula is C20H8FeN4O2. The Labute approximate surface area is 168 Å². The van der Waals surface area contributed by atoms with Crippen molar-refractivity contribution in [2.24, 2.45) is 5.41 Å². The third-order valence-electron chi connectivity index (χ3n) is 2.70. The quantitative estimate of drug-likeness (QED) is 0.261. The van der Waals surface area contributed by atoms with Crippen molar-refractivity contribution in [3.63, 3.8) is 0 Å². The summed E-state index contributed by atoms with van der Waals surface area (Å²) in [6, 6.07) is 26.0. The molecule has 0 saturated carbocycles. The fourth-order valence-electron chi connectivity index (χ4n) is 1.60. The molecule has 128 valence electrons.